The number of halogens is 1. The van der Waals surface area contributed by atoms with Crippen molar-refractivity contribution in [2.24, 2.45) is 0 Å². The molecule has 2 aromatic heterocycles. The fourth-order valence-electron chi connectivity index (χ4n) is 3.21. The van der Waals surface area contributed by atoms with Crippen LogP contribution >= 0.6 is 11.6 Å². The lowest BCUT2D eigenvalue weighted by molar-refractivity contribution is 0.464. The van der Waals surface area contributed by atoms with Crippen molar-refractivity contribution in [3.05, 3.63) is 70.2 Å². The number of pyridine rings is 1. The molecule has 0 bridgehead atoms. The van der Waals surface area contributed by atoms with Gasteiger partial charge in [0, 0.05) is 24.1 Å². The quantitative estimate of drug-likeness (QED) is 0.668. The van der Waals surface area contributed by atoms with Gasteiger partial charge in [0.1, 0.15) is 11.5 Å². The highest BCUT2D eigenvalue weighted by Crippen LogP contribution is 2.37. The van der Waals surface area contributed by atoms with Crippen molar-refractivity contribution in [1.29, 1.82) is 0 Å². The van der Waals surface area contributed by atoms with E-state index < -0.39 is 0 Å². The number of aryl methyl sites for hydroxylation is 2. The molecule has 3 nitrogen and oxygen atoms in total. The SMILES string of the molecule is Cc1ccc(C2CCc3oc(-c4ccccn4)nc3C2)c(Cl)c1. The van der Waals surface area contributed by atoms with Gasteiger partial charge < -0.3 is 4.42 Å². The first kappa shape index (κ1) is 14.5. The average molecular weight is 325 g/mol. The Morgan fingerprint density at radius 2 is 2.13 bits per heavy atom. The van der Waals surface area contributed by atoms with E-state index in [1.807, 2.05) is 24.3 Å². The van der Waals surface area contributed by atoms with Gasteiger partial charge in [0.05, 0.1) is 5.69 Å². The van der Waals surface area contributed by atoms with Gasteiger partial charge in [-0.15, -0.1) is 0 Å². The summed E-state index contributed by atoms with van der Waals surface area (Å²) in [5.74, 6) is 2.01. The number of fused-ring (bicyclic) bond motifs is 1. The maximum Gasteiger partial charge on any atom is 0.245 e. The first-order valence-corrected chi connectivity index (χ1v) is 8.24. The second kappa shape index (κ2) is 5.82. The number of benzene rings is 1. The van der Waals surface area contributed by atoms with Gasteiger partial charge in [0.2, 0.25) is 5.89 Å². The topological polar surface area (TPSA) is 38.9 Å². The molecular weight excluding hydrogens is 308 g/mol. The van der Waals surface area contributed by atoms with Gasteiger partial charge in [0.25, 0.3) is 0 Å². The monoisotopic (exact) mass is 324 g/mol. The molecule has 1 aliphatic carbocycles. The lowest BCUT2D eigenvalue weighted by Crippen LogP contribution is -2.12. The summed E-state index contributed by atoms with van der Waals surface area (Å²) in [7, 11) is 0. The summed E-state index contributed by atoms with van der Waals surface area (Å²) in [5, 5.41) is 0.854. The molecule has 0 radical (unpaired) electrons. The Hall–Kier alpha value is -2.13. The van der Waals surface area contributed by atoms with E-state index in [1.54, 1.807) is 6.20 Å². The third-order valence-corrected chi connectivity index (χ3v) is 4.74. The van der Waals surface area contributed by atoms with Gasteiger partial charge in [-0.2, -0.15) is 0 Å². The molecule has 0 saturated carbocycles. The van der Waals surface area contributed by atoms with Gasteiger partial charge in [-0.25, -0.2) is 4.98 Å². The number of hydrogen-bond acceptors (Lipinski definition) is 3. The molecule has 0 amide bonds. The standard InChI is InChI=1S/C19H17ClN2O/c1-12-5-7-14(15(20)10-12)13-6-8-18-17(11-13)22-19(23-18)16-4-2-3-9-21-16/h2-5,7,9-10,13H,6,8,11H2,1H3. The smallest absolute Gasteiger partial charge is 0.245 e. The van der Waals surface area contributed by atoms with Crippen molar-refractivity contribution >= 4 is 11.6 Å². The van der Waals surface area contributed by atoms with Crippen molar-refractivity contribution in [3.8, 4) is 11.6 Å². The van der Waals surface area contributed by atoms with Crippen LogP contribution in [-0.2, 0) is 12.8 Å². The number of rotatable bonds is 2. The Balaban J connectivity index is 1.63. The number of oxazole rings is 1. The van der Waals surface area contributed by atoms with Crippen LogP contribution in [0.1, 0.15) is 34.9 Å². The molecule has 0 fully saturated rings. The predicted octanol–water partition coefficient (Wildman–Crippen LogP) is 4.97. The molecule has 116 valence electrons. The normalized spacial score (nSPS) is 17.0. The summed E-state index contributed by atoms with van der Waals surface area (Å²) in [6.45, 7) is 2.06. The van der Waals surface area contributed by atoms with E-state index in [1.165, 1.54) is 11.1 Å². The summed E-state index contributed by atoms with van der Waals surface area (Å²) in [6, 6.07) is 12.1. The Kier molecular flexibility index (Phi) is 3.66. The average Bonchev–Trinajstić information content (AvgIpc) is 2.99. The van der Waals surface area contributed by atoms with Crippen LogP contribution in [0.4, 0.5) is 0 Å². The number of aromatic nitrogens is 2. The molecule has 1 unspecified atom stereocenters. The zero-order chi connectivity index (χ0) is 15.8. The number of hydrogen-bond donors (Lipinski definition) is 0. The molecule has 1 aromatic carbocycles. The van der Waals surface area contributed by atoms with Crippen LogP contribution in [0, 0.1) is 6.92 Å². The molecule has 1 atom stereocenters. The molecule has 0 spiro atoms. The minimum atomic E-state index is 0.400. The molecule has 4 heteroatoms. The summed E-state index contributed by atoms with van der Waals surface area (Å²) in [5.41, 5.74) is 4.23. The van der Waals surface area contributed by atoms with E-state index in [9.17, 15) is 0 Å². The molecule has 0 aliphatic heterocycles. The second-order valence-electron chi connectivity index (χ2n) is 6.07. The van der Waals surface area contributed by atoms with Crippen LogP contribution in [0.5, 0.6) is 0 Å². The second-order valence-corrected chi connectivity index (χ2v) is 6.48. The molecular formula is C19H17ClN2O. The molecule has 3 aromatic rings. The predicted molar refractivity (Wildman–Crippen MR) is 90.7 cm³/mol. The van der Waals surface area contributed by atoms with Crippen molar-refractivity contribution in [1.82, 2.24) is 9.97 Å². The fourth-order valence-corrected chi connectivity index (χ4v) is 3.60. The molecule has 0 saturated heterocycles. The van der Waals surface area contributed by atoms with Gasteiger partial charge in [-0.05, 0) is 48.6 Å². The molecule has 2 heterocycles. The van der Waals surface area contributed by atoms with Crippen molar-refractivity contribution in [3.63, 3.8) is 0 Å². The highest BCUT2D eigenvalue weighted by atomic mass is 35.5. The first-order chi connectivity index (χ1) is 11.2. The van der Waals surface area contributed by atoms with E-state index in [4.69, 9.17) is 16.0 Å². The van der Waals surface area contributed by atoms with Gasteiger partial charge in [-0.3, -0.25) is 4.98 Å². The van der Waals surface area contributed by atoms with E-state index in [2.05, 4.69) is 29.0 Å². The number of nitrogens with zero attached hydrogens (tertiary/aromatic N) is 2. The van der Waals surface area contributed by atoms with Crippen LogP contribution in [0.15, 0.2) is 47.0 Å². The Labute approximate surface area is 140 Å². The summed E-state index contributed by atoms with van der Waals surface area (Å²) in [6.07, 6.45) is 4.55. The summed E-state index contributed by atoms with van der Waals surface area (Å²) in [4.78, 5) is 8.99. The fraction of sp³-hybridized carbons (Fsp3) is 0.263. The Morgan fingerprint density at radius 3 is 2.91 bits per heavy atom. The molecule has 23 heavy (non-hydrogen) atoms. The largest absolute Gasteiger partial charge is 0.440 e. The van der Waals surface area contributed by atoms with Crippen LogP contribution in [0.25, 0.3) is 11.6 Å². The lowest BCUT2D eigenvalue weighted by atomic mass is 9.84. The van der Waals surface area contributed by atoms with E-state index in [-0.39, 0.29) is 0 Å². The Bertz CT molecular complexity index is 842. The van der Waals surface area contributed by atoms with Crippen molar-refractivity contribution in [2.75, 3.05) is 0 Å². The van der Waals surface area contributed by atoms with Crippen molar-refractivity contribution < 1.29 is 4.42 Å². The van der Waals surface area contributed by atoms with Crippen LogP contribution in [0.2, 0.25) is 5.02 Å². The zero-order valence-electron chi connectivity index (χ0n) is 12.9. The van der Waals surface area contributed by atoms with Crippen LogP contribution < -0.4 is 0 Å². The van der Waals surface area contributed by atoms with E-state index in [0.29, 0.717) is 11.8 Å². The third kappa shape index (κ3) is 2.77. The maximum absolute atomic E-state index is 6.44. The van der Waals surface area contributed by atoms with E-state index >= 15 is 0 Å². The summed E-state index contributed by atoms with van der Waals surface area (Å²) >= 11 is 6.44. The zero-order valence-corrected chi connectivity index (χ0v) is 13.7. The molecule has 4 rings (SSSR count). The molecule has 0 N–H and O–H groups in total. The molecule has 1 aliphatic rings. The van der Waals surface area contributed by atoms with Gasteiger partial charge in [0.15, 0.2) is 0 Å². The first-order valence-electron chi connectivity index (χ1n) is 7.87. The van der Waals surface area contributed by atoms with Crippen LogP contribution in [0.3, 0.4) is 0 Å². The van der Waals surface area contributed by atoms with E-state index in [0.717, 1.165) is 41.4 Å². The summed E-state index contributed by atoms with van der Waals surface area (Å²) < 4.78 is 5.92. The van der Waals surface area contributed by atoms with Crippen LogP contribution in [-0.4, -0.2) is 9.97 Å². The maximum atomic E-state index is 6.44. The highest BCUT2D eigenvalue weighted by Gasteiger charge is 2.26. The minimum absolute atomic E-state index is 0.400. The third-order valence-electron chi connectivity index (χ3n) is 4.42. The lowest BCUT2D eigenvalue weighted by Gasteiger charge is -2.21. The van der Waals surface area contributed by atoms with Crippen molar-refractivity contribution in [2.45, 2.75) is 32.1 Å². The van der Waals surface area contributed by atoms with Gasteiger partial charge in [-0.1, -0.05) is 29.8 Å². The minimum Gasteiger partial charge on any atom is -0.440 e. The Morgan fingerprint density at radius 1 is 1.22 bits per heavy atom. The highest BCUT2D eigenvalue weighted by molar-refractivity contribution is 6.31. The van der Waals surface area contributed by atoms with Gasteiger partial charge >= 0.3 is 0 Å².